The summed E-state index contributed by atoms with van der Waals surface area (Å²) < 4.78 is 0. The van der Waals surface area contributed by atoms with Gasteiger partial charge in [-0.25, -0.2) is 0 Å². The number of rotatable bonds is 10. The van der Waals surface area contributed by atoms with Gasteiger partial charge in [-0.1, -0.05) is 45.0 Å². The number of benzene rings is 1. The third kappa shape index (κ3) is 9.07. The first-order valence-corrected chi connectivity index (χ1v) is 10.5. The van der Waals surface area contributed by atoms with E-state index in [9.17, 15) is 14.9 Å². The fraction of sp³-hybridized carbons (Fsp3) is 0.375. The highest BCUT2D eigenvalue weighted by molar-refractivity contribution is 5.97. The zero-order valence-corrected chi connectivity index (χ0v) is 18.7. The number of anilines is 1. The van der Waals surface area contributed by atoms with E-state index < -0.39 is 10.9 Å². The number of amidine groups is 1. The van der Waals surface area contributed by atoms with Crippen LogP contribution in [-0.2, 0) is 4.79 Å². The Bertz CT molecular complexity index is 979. The normalized spacial score (nSPS) is 12.5. The predicted octanol–water partition coefficient (Wildman–Crippen LogP) is 4.90. The van der Waals surface area contributed by atoms with E-state index in [1.54, 1.807) is 12.4 Å². The molecule has 0 saturated heterocycles. The lowest BCUT2D eigenvalue weighted by Crippen LogP contribution is -2.24. The number of allylic oxidation sites excluding steroid dienone is 1. The van der Waals surface area contributed by atoms with Crippen molar-refractivity contribution in [1.29, 1.82) is 0 Å². The fourth-order valence-electron chi connectivity index (χ4n) is 2.94. The standard InChI is InChI=1S/C24H30N4O4/c1-24(2,3)17-26-22(16-28(31)32)27-20-10-6-8-18(14-20)21(11-4-5-12-23(29)30)19-9-7-13-25-15-19/h6-11,13-15H,4-5,12,16-17H2,1-3H3,(H,26,27)(H,29,30). The number of carboxylic acids is 1. The highest BCUT2D eigenvalue weighted by atomic mass is 16.6. The lowest BCUT2D eigenvalue weighted by molar-refractivity contribution is -0.463. The van der Waals surface area contributed by atoms with Crippen molar-refractivity contribution in [1.82, 2.24) is 4.98 Å². The van der Waals surface area contributed by atoms with Crippen LogP contribution < -0.4 is 5.32 Å². The van der Waals surface area contributed by atoms with Gasteiger partial charge in [0.15, 0.2) is 5.84 Å². The molecule has 8 nitrogen and oxygen atoms in total. The Morgan fingerprint density at radius 3 is 2.62 bits per heavy atom. The number of carbonyl (C=O) groups is 1. The van der Waals surface area contributed by atoms with E-state index in [0.29, 0.717) is 30.9 Å². The van der Waals surface area contributed by atoms with Crippen molar-refractivity contribution in [2.75, 3.05) is 18.4 Å². The van der Waals surface area contributed by atoms with Crippen LogP contribution in [0.25, 0.3) is 5.57 Å². The Hall–Kier alpha value is -3.55. The number of carboxylic acid groups (broad SMARTS) is 1. The van der Waals surface area contributed by atoms with Crippen molar-refractivity contribution in [3.8, 4) is 0 Å². The molecule has 2 N–H and O–H groups in total. The maximum atomic E-state index is 11.1. The minimum Gasteiger partial charge on any atom is -0.481 e. The van der Waals surface area contributed by atoms with Crippen LogP contribution >= 0.6 is 0 Å². The summed E-state index contributed by atoms with van der Waals surface area (Å²) in [6, 6.07) is 11.3. The Labute approximate surface area is 188 Å². The second-order valence-electron chi connectivity index (χ2n) is 8.67. The highest BCUT2D eigenvalue weighted by Crippen LogP contribution is 2.26. The molecule has 0 bridgehead atoms. The minimum atomic E-state index is -0.819. The van der Waals surface area contributed by atoms with Gasteiger partial charge < -0.3 is 10.4 Å². The van der Waals surface area contributed by atoms with Gasteiger partial charge in [-0.3, -0.25) is 24.9 Å². The number of unbranched alkanes of at least 4 members (excludes halogenated alkanes) is 1. The van der Waals surface area contributed by atoms with Crippen LogP contribution in [0.3, 0.4) is 0 Å². The Kier molecular flexibility index (Phi) is 9.07. The van der Waals surface area contributed by atoms with E-state index in [1.165, 1.54) is 0 Å². The van der Waals surface area contributed by atoms with Crippen LogP contribution in [0.5, 0.6) is 0 Å². The van der Waals surface area contributed by atoms with Gasteiger partial charge >= 0.3 is 5.97 Å². The van der Waals surface area contributed by atoms with Crippen molar-refractivity contribution in [2.45, 2.75) is 40.0 Å². The van der Waals surface area contributed by atoms with E-state index in [0.717, 1.165) is 16.7 Å². The lowest BCUT2D eigenvalue weighted by atomic mass is 9.97. The smallest absolute Gasteiger partial charge is 0.303 e. The van der Waals surface area contributed by atoms with Crippen molar-refractivity contribution in [3.63, 3.8) is 0 Å². The third-order valence-corrected chi connectivity index (χ3v) is 4.40. The molecule has 0 saturated carbocycles. The number of nitrogens with one attached hydrogen (secondary N) is 1. The topological polar surface area (TPSA) is 118 Å². The lowest BCUT2D eigenvalue weighted by Gasteiger charge is -2.16. The van der Waals surface area contributed by atoms with Crippen LogP contribution in [-0.4, -0.2) is 39.9 Å². The Balaban J connectivity index is 2.32. The highest BCUT2D eigenvalue weighted by Gasteiger charge is 2.14. The summed E-state index contributed by atoms with van der Waals surface area (Å²) in [6.07, 6.45) is 6.69. The Morgan fingerprint density at radius 2 is 2.00 bits per heavy atom. The first-order valence-electron chi connectivity index (χ1n) is 10.5. The number of nitrogens with zero attached hydrogens (tertiary/aromatic N) is 3. The van der Waals surface area contributed by atoms with E-state index >= 15 is 0 Å². The second kappa shape index (κ2) is 11.7. The zero-order chi connectivity index (χ0) is 23.6. The van der Waals surface area contributed by atoms with Crippen LogP contribution in [0.4, 0.5) is 5.69 Å². The number of aliphatic imine (C=N–C) groups is 1. The molecule has 0 aliphatic carbocycles. The van der Waals surface area contributed by atoms with Crippen molar-refractivity contribution in [3.05, 3.63) is 76.1 Å². The SMILES string of the molecule is CC(C)(C)CN=C(C[N+](=O)[O-])Nc1cccc(C(=CCCCC(=O)O)c2cccnc2)c1. The van der Waals surface area contributed by atoms with E-state index in [1.807, 2.05) is 63.2 Å². The molecule has 32 heavy (non-hydrogen) atoms. The van der Waals surface area contributed by atoms with Crippen LogP contribution in [0.2, 0.25) is 0 Å². The maximum Gasteiger partial charge on any atom is 0.303 e. The Morgan fingerprint density at radius 1 is 1.25 bits per heavy atom. The first-order chi connectivity index (χ1) is 15.1. The maximum absolute atomic E-state index is 11.1. The predicted molar refractivity (Wildman–Crippen MR) is 126 cm³/mol. The number of aromatic nitrogens is 1. The molecule has 1 aromatic carbocycles. The summed E-state index contributed by atoms with van der Waals surface area (Å²) in [4.78, 5) is 30.1. The molecule has 170 valence electrons. The van der Waals surface area contributed by atoms with Crippen molar-refractivity contribution >= 4 is 23.1 Å². The van der Waals surface area contributed by atoms with Gasteiger partial charge in [-0.2, -0.15) is 0 Å². The summed E-state index contributed by atoms with van der Waals surface area (Å²) in [6.45, 7) is 6.15. The molecule has 0 radical (unpaired) electrons. The van der Waals surface area contributed by atoms with Gasteiger partial charge in [-0.15, -0.1) is 0 Å². The number of hydrogen-bond donors (Lipinski definition) is 2. The molecular weight excluding hydrogens is 408 g/mol. The number of aliphatic carboxylic acids is 1. The van der Waals surface area contributed by atoms with Gasteiger partial charge in [-0.05, 0) is 47.6 Å². The first kappa shape index (κ1) is 24.7. The summed E-state index contributed by atoms with van der Waals surface area (Å²) >= 11 is 0. The molecule has 0 fully saturated rings. The van der Waals surface area contributed by atoms with Crippen LogP contribution in [0, 0.1) is 15.5 Å². The third-order valence-electron chi connectivity index (χ3n) is 4.40. The molecule has 0 aliphatic rings. The molecule has 0 unspecified atom stereocenters. The summed E-state index contributed by atoms with van der Waals surface area (Å²) in [5.41, 5.74) is 3.34. The minimum absolute atomic E-state index is 0.0858. The monoisotopic (exact) mass is 438 g/mol. The van der Waals surface area contributed by atoms with Crippen molar-refractivity contribution < 1.29 is 14.8 Å². The molecule has 1 heterocycles. The summed E-state index contributed by atoms with van der Waals surface area (Å²) in [5.74, 6) is -0.518. The zero-order valence-electron chi connectivity index (χ0n) is 18.7. The quantitative estimate of drug-likeness (QED) is 0.179. The molecule has 0 amide bonds. The average molecular weight is 439 g/mol. The molecule has 0 aliphatic heterocycles. The largest absolute Gasteiger partial charge is 0.481 e. The number of hydrogen-bond acceptors (Lipinski definition) is 5. The molecular formula is C24H30N4O4. The molecule has 0 spiro atoms. The number of pyridine rings is 1. The van der Waals surface area contributed by atoms with Crippen molar-refractivity contribution in [2.24, 2.45) is 10.4 Å². The van der Waals surface area contributed by atoms with Gasteiger partial charge in [0.25, 0.3) is 6.54 Å². The molecule has 1 aromatic heterocycles. The van der Waals surface area contributed by atoms with Crippen LogP contribution in [0.1, 0.15) is 51.2 Å². The van der Waals surface area contributed by atoms with E-state index in [-0.39, 0.29) is 18.4 Å². The fourth-order valence-corrected chi connectivity index (χ4v) is 2.94. The molecule has 2 aromatic rings. The molecule has 8 heteroatoms. The second-order valence-corrected chi connectivity index (χ2v) is 8.67. The molecule has 2 rings (SSSR count). The number of nitro groups is 1. The average Bonchev–Trinajstić information content (AvgIpc) is 2.72. The van der Waals surface area contributed by atoms with E-state index in [4.69, 9.17) is 5.11 Å². The van der Waals surface area contributed by atoms with Crippen LogP contribution in [0.15, 0.2) is 59.9 Å². The van der Waals surface area contributed by atoms with E-state index in [2.05, 4.69) is 15.3 Å². The van der Waals surface area contributed by atoms with Gasteiger partial charge in [0.2, 0.25) is 0 Å². The summed E-state index contributed by atoms with van der Waals surface area (Å²) in [5, 5.41) is 23.1. The molecule has 0 atom stereocenters. The summed E-state index contributed by atoms with van der Waals surface area (Å²) in [7, 11) is 0. The van der Waals surface area contributed by atoms with Gasteiger partial charge in [0.05, 0.1) is 0 Å². The van der Waals surface area contributed by atoms with Gasteiger partial charge in [0.1, 0.15) is 0 Å². The van der Waals surface area contributed by atoms with Gasteiger partial charge in [0, 0.05) is 41.5 Å².